The first-order chi connectivity index (χ1) is 19.8. The van der Waals surface area contributed by atoms with E-state index in [2.05, 4.69) is 143 Å². The number of hydrogen-bond donors (Lipinski definition) is 0. The average molecular weight is 511 g/mol. The molecule has 40 heavy (non-hydrogen) atoms. The number of aromatic nitrogens is 4. The molecule has 0 aliphatic heterocycles. The molecule has 4 aromatic heterocycles. The predicted octanol–water partition coefficient (Wildman–Crippen LogP) is 8.93. The molecule has 0 aliphatic carbocycles. The highest BCUT2D eigenvalue weighted by atomic mass is 15.0. The van der Waals surface area contributed by atoms with Crippen LogP contribution in [-0.2, 0) is 0 Å². The minimum Gasteiger partial charge on any atom is -0.298 e. The number of pyridine rings is 2. The van der Waals surface area contributed by atoms with Gasteiger partial charge >= 0.3 is 0 Å². The van der Waals surface area contributed by atoms with Crippen LogP contribution in [0.1, 0.15) is 0 Å². The fraction of sp³-hybridized carbons (Fsp3) is 0. The van der Waals surface area contributed by atoms with E-state index in [1.165, 1.54) is 21.5 Å². The zero-order valence-corrected chi connectivity index (χ0v) is 21.5. The molecular weight excluding hydrogens is 488 g/mol. The van der Waals surface area contributed by atoms with Crippen LogP contribution in [0.2, 0.25) is 0 Å². The third-order valence-corrected chi connectivity index (χ3v) is 8.11. The maximum Gasteiger partial charge on any atom is 0.145 e. The van der Waals surface area contributed by atoms with E-state index in [1.807, 2.05) is 0 Å². The Labute approximate surface area is 229 Å². The van der Waals surface area contributed by atoms with Crippen molar-refractivity contribution in [1.82, 2.24) is 18.8 Å². The van der Waals surface area contributed by atoms with Gasteiger partial charge in [0.25, 0.3) is 0 Å². The number of imidazole rings is 2. The smallest absolute Gasteiger partial charge is 0.145 e. The van der Waals surface area contributed by atoms with Gasteiger partial charge in [0.05, 0.1) is 22.4 Å². The van der Waals surface area contributed by atoms with Crippen molar-refractivity contribution in [2.75, 3.05) is 0 Å². The molecule has 4 nitrogen and oxygen atoms in total. The van der Waals surface area contributed by atoms with Gasteiger partial charge in [0.2, 0.25) is 0 Å². The summed E-state index contributed by atoms with van der Waals surface area (Å²) in [5.41, 5.74) is 8.30. The van der Waals surface area contributed by atoms with Crippen molar-refractivity contribution in [2.45, 2.75) is 0 Å². The Balaban J connectivity index is 1.26. The first-order valence-corrected chi connectivity index (χ1v) is 13.5. The van der Waals surface area contributed by atoms with E-state index in [1.54, 1.807) is 0 Å². The lowest BCUT2D eigenvalue weighted by atomic mass is 10.1. The van der Waals surface area contributed by atoms with Gasteiger partial charge in [-0.15, -0.1) is 0 Å². The quantitative estimate of drug-likeness (QED) is 0.218. The van der Waals surface area contributed by atoms with Crippen LogP contribution in [0.25, 0.3) is 77.2 Å². The van der Waals surface area contributed by atoms with Crippen molar-refractivity contribution >= 4 is 54.6 Å². The van der Waals surface area contributed by atoms with E-state index < -0.39 is 0 Å². The van der Waals surface area contributed by atoms with Crippen LogP contribution in [-0.4, -0.2) is 18.8 Å². The Hall–Kier alpha value is -5.48. The minimum absolute atomic E-state index is 0.947. The molecule has 9 aromatic rings. The molecule has 4 heteroatoms. The SMILES string of the molecule is c1cc(-c2cn3c4ccccc4c4ccccc4c3n2)cc(-c2cn3c4ccccc4c4ccccc4c3n2)c1. The molecule has 0 unspecified atom stereocenters. The third kappa shape index (κ3) is 2.96. The van der Waals surface area contributed by atoms with Gasteiger partial charge in [-0.3, -0.25) is 8.80 Å². The highest BCUT2D eigenvalue weighted by Crippen LogP contribution is 2.34. The molecule has 4 heterocycles. The first kappa shape index (κ1) is 21.5. The molecule has 0 fully saturated rings. The number of nitrogens with zero attached hydrogens (tertiary/aromatic N) is 4. The maximum absolute atomic E-state index is 5.16. The Kier molecular flexibility index (Phi) is 4.30. The monoisotopic (exact) mass is 510 g/mol. The van der Waals surface area contributed by atoms with E-state index in [0.29, 0.717) is 0 Å². The van der Waals surface area contributed by atoms with Gasteiger partial charge < -0.3 is 0 Å². The second-order valence-corrected chi connectivity index (χ2v) is 10.3. The number of hydrogen-bond acceptors (Lipinski definition) is 2. The van der Waals surface area contributed by atoms with E-state index in [0.717, 1.165) is 55.6 Å². The summed E-state index contributed by atoms with van der Waals surface area (Å²) >= 11 is 0. The fourth-order valence-electron chi connectivity index (χ4n) is 6.27. The zero-order valence-electron chi connectivity index (χ0n) is 21.5. The normalized spacial score (nSPS) is 12.0. The van der Waals surface area contributed by atoms with Crippen molar-refractivity contribution in [3.63, 3.8) is 0 Å². The van der Waals surface area contributed by atoms with Gasteiger partial charge in [-0.1, -0.05) is 103 Å². The Morgan fingerprint density at radius 2 is 0.775 bits per heavy atom. The van der Waals surface area contributed by atoms with Crippen molar-refractivity contribution in [1.29, 1.82) is 0 Å². The lowest BCUT2D eigenvalue weighted by molar-refractivity contribution is 1.27. The van der Waals surface area contributed by atoms with Crippen molar-refractivity contribution < 1.29 is 0 Å². The molecule has 0 aliphatic rings. The number of rotatable bonds is 2. The fourth-order valence-corrected chi connectivity index (χ4v) is 6.27. The number of para-hydroxylation sites is 2. The Bertz CT molecular complexity index is 2130. The molecule has 0 spiro atoms. The molecular formula is C36H22N4. The first-order valence-electron chi connectivity index (χ1n) is 13.5. The highest BCUT2D eigenvalue weighted by Gasteiger charge is 2.15. The van der Waals surface area contributed by atoms with Gasteiger partial charge in [-0.2, -0.15) is 0 Å². The second kappa shape index (κ2) is 8.01. The summed E-state index contributed by atoms with van der Waals surface area (Å²) in [7, 11) is 0. The van der Waals surface area contributed by atoms with Crippen LogP contribution in [0, 0.1) is 0 Å². The van der Waals surface area contributed by atoms with Crippen molar-refractivity contribution in [3.05, 3.63) is 134 Å². The summed E-state index contributed by atoms with van der Waals surface area (Å²) in [5.74, 6) is 0. The molecule has 0 bridgehead atoms. The van der Waals surface area contributed by atoms with E-state index in [-0.39, 0.29) is 0 Å². The molecule has 186 valence electrons. The average Bonchev–Trinajstić information content (AvgIpc) is 3.68. The van der Waals surface area contributed by atoms with E-state index in [9.17, 15) is 0 Å². The van der Waals surface area contributed by atoms with E-state index in [4.69, 9.17) is 9.97 Å². The number of benzene rings is 5. The topological polar surface area (TPSA) is 34.6 Å². The van der Waals surface area contributed by atoms with Gasteiger partial charge in [-0.25, -0.2) is 9.97 Å². The third-order valence-electron chi connectivity index (χ3n) is 8.11. The maximum atomic E-state index is 5.16. The van der Waals surface area contributed by atoms with Crippen molar-refractivity contribution in [3.8, 4) is 22.5 Å². The minimum atomic E-state index is 0.947. The van der Waals surface area contributed by atoms with Crippen LogP contribution in [0.5, 0.6) is 0 Å². The summed E-state index contributed by atoms with van der Waals surface area (Å²) in [5, 5.41) is 7.21. The van der Waals surface area contributed by atoms with Crippen LogP contribution >= 0.6 is 0 Å². The molecule has 0 amide bonds. The lowest BCUT2D eigenvalue weighted by Gasteiger charge is -2.07. The Morgan fingerprint density at radius 1 is 0.375 bits per heavy atom. The predicted molar refractivity (Wildman–Crippen MR) is 165 cm³/mol. The molecule has 0 radical (unpaired) electrons. The molecule has 0 N–H and O–H groups in total. The number of fused-ring (bicyclic) bond motifs is 12. The van der Waals surface area contributed by atoms with Crippen molar-refractivity contribution in [2.24, 2.45) is 0 Å². The summed E-state index contributed by atoms with van der Waals surface area (Å²) in [4.78, 5) is 10.3. The zero-order chi connectivity index (χ0) is 26.2. The van der Waals surface area contributed by atoms with Crippen LogP contribution in [0.3, 0.4) is 0 Å². The van der Waals surface area contributed by atoms with Gasteiger partial charge in [0, 0.05) is 45.1 Å². The molecule has 0 saturated heterocycles. The molecule has 9 rings (SSSR count). The van der Waals surface area contributed by atoms with Gasteiger partial charge in [0.15, 0.2) is 0 Å². The summed E-state index contributed by atoms with van der Waals surface area (Å²) in [6, 6.07) is 42.7. The summed E-state index contributed by atoms with van der Waals surface area (Å²) in [6.07, 6.45) is 4.32. The van der Waals surface area contributed by atoms with Crippen LogP contribution in [0.15, 0.2) is 134 Å². The summed E-state index contributed by atoms with van der Waals surface area (Å²) < 4.78 is 4.45. The summed E-state index contributed by atoms with van der Waals surface area (Å²) in [6.45, 7) is 0. The second-order valence-electron chi connectivity index (χ2n) is 10.3. The molecule has 0 saturated carbocycles. The van der Waals surface area contributed by atoms with Gasteiger partial charge in [-0.05, 0) is 29.0 Å². The van der Waals surface area contributed by atoms with Crippen LogP contribution in [0.4, 0.5) is 0 Å². The molecule has 0 atom stereocenters. The van der Waals surface area contributed by atoms with E-state index >= 15 is 0 Å². The largest absolute Gasteiger partial charge is 0.298 e. The van der Waals surface area contributed by atoms with Gasteiger partial charge in [0.1, 0.15) is 11.3 Å². The van der Waals surface area contributed by atoms with Crippen LogP contribution < -0.4 is 0 Å². The highest BCUT2D eigenvalue weighted by molar-refractivity contribution is 6.13. The standard InChI is InChI=1S/C36H22N4/c1-3-16-29-25(12-1)27-14-5-7-18-33(27)39-21-31(37-35(29)39)23-10-9-11-24(20-23)32-22-40-34-19-8-6-15-28(34)26-13-2-4-17-30(26)36(40)38-32/h1-22H. The lowest BCUT2D eigenvalue weighted by Crippen LogP contribution is -1.89. The molecule has 5 aromatic carbocycles. The Morgan fingerprint density at radius 3 is 1.25 bits per heavy atom.